The molecule has 6 nitrogen and oxygen atoms in total. The minimum atomic E-state index is -1.06. The van der Waals surface area contributed by atoms with Crippen molar-refractivity contribution in [2.45, 2.75) is 0 Å². The molecule has 2 aromatic rings. The first-order valence-electron chi connectivity index (χ1n) is 5.99. The molecule has 0 aliphatic carbocycles. The third-order valence-corrected chi connectivity index (χ3v) is 3.11. The lowest BCUT2D eigenvalue weighted by Crippen LogP contribution is -2.26. The molecule has 0 aliphatic rings. The molecule has 1 aromatic carbocycles. The van der Waals surface area contributed by atoms with Gasteiger partial charge in [0.25, 0.3) is 0 Å². The molecule has 108 valence electrons. The van der Waals surface area contributed by atoms with E-state index in [1.54, 1.807) is 18.5 Å². The maximum absolute atomic E-state index is 11.0. The van der Waals surface area contributed by atoms with Crippen molar-refractivity contribution >= 4 is 29.0 Å². The summed E-state index contributed by atoms with van der Waals surface area (Å²) in [6.45, 7) is 0. The average Bonchev–Trinajstić information content (AvgIpc) is 2.48. The normalized spacial score (nSPS) is 11.2. The molecule has 0 saturated heterocycles. The van der Waals surface area contributed by atoms with Crippen molar-refractivity contribution < 1.29 is 14.9 Å². The summed E-state index contributed by atoms with van der Waals surface area (Å²) >= 11 is 6.03. The number of rotatable bonds is 4. The third kappa shape index (κ3) is 3.50. The number of carboxylic acids is 1. The standard InChI is InChI=1S/C14H13ClN4O2/c15-11-4-3-9(14(20)21)6-13(11)19(17)8-12(16)10-2-1-5-18-7-10/h1-8H,16-17H2,(H,20,21)/p+1. The average molecular weight is 306 g/mol. The highest BCUT2D eigenvalue weighted by molar-refractivity contribution is 6.33. The molecule has 0 unspecified atom stereocenters. The van der Waals surface area contributed by atoms with Crippen LogP contribution in [-0.4, -0.2) is 11.1 Å². The first-order valence-corrected chi connectivity index (χ1v) is 6.37. The number of H-pyrrole nitrogens is 1. The number of nitrogens with zero attached hydrogens (tertiary/aromatic N) is 1. The molecule has 0 atom stereocenters. The molecule has 0 fully saturated rings. The number of aromatic carboxylic acids is 1. The van der Waals surface area contributed by atoms with Crippen LogP contribution in [0.3, 0.4) is 0 Å². The fraction of sp³-hybridized carbons (Fsp3) is 0. The number of anilines is 1. The second-order valence-corrected chi connectivity index (χ2v) is 4.66. The number of pyridine rings is 1. The topological polar surface area (TPSA) is 107 Å². The first-order chi connectivity index (χ1) is 9.99. The summed E-state index contributed by atoms with van der Waals surface area (Å²) in [5.74, 6) is 4.83. The highest BCUT2D eigenvalue weighted by Crippen LogP contribution is 2.26. The summed E-state index contributed by atoms with van der Waals surface area (Å²) in [6.07, 6.45) is 4.94. The zero-order chi connectivity index (χ0) is 15.4. The largest absolute Gasteiger partial charge is 0.478 e. The molecule has 6 N–H and O–H groups in total. The van der Waals surface area contributed by atoms with Crippen LogP contribution in [0, 0.1) is 0 Å². The molecule has 0 saturated carbocycles. The second-order valence-electron chi connectivity index (χ2n) is 4.26. The molecule has 1 heterocycles. The Bertz CT molecular complexity index is 689. The Kier molecular flexibility index (Phi) is 4.42. The van der Waals surface area contributed by atoms with Crippen LogP contribution in [0.5, 0.6) is 0 Å². The Labute approximate surface area is 126 Å². The van der Waals surface area contributed by atoms with E-state index in [0.29, 0.717) is 16.4 Å². The third-order valence-electron chi connectivity index (χ3n) is 2.79. The van der Waals surface area contributed by atoms with Gasteiger partial charge in [0, 0.05) is 12.3 Å². The van der Waals surface area contributed by atoms with Crippen molar-refractivity contribution in [2.75, 3.05) is 5.01 Å². The van der Waals surface area contributed by atoms with Gasteiger partial charge in [-0.3, -0.25) is 5.01 Å². The molecule has 21 heavy (non-hydrogen) atoms. The predicted molar refractivity (Wildman–Crippen MR) is 80.2 cm³/mol. The Balaban J connectivity index is 2.34. The summed E-state index contributed by atoms with van der Waals surface area (Å²) < 4.78 is 0. The van der Waals surface area contributed by atoms with E-state index in [2.05, 4.69) is 4.98 Å². The van der Waals surface area contributed by atoms with Gasteiger partial charge in [-0.15, -0.1) is 0 Å². The van der Waals surface area contributed by atoms with Crippen LogP contribution in [0.2, 0.25) is 5.02 Å². The SMILES string of the molecule is NC(=CN(N)c1cc(C(=O)O)ccc1Cl)c1ccc[nH+]c1. The molecule has 2 rings (SSSR count). The van der Waals surface area contributed by atoms with Crippen LogP contribution in [0.1, 0.15) is 15.9 Å². The Morgan fingerprint density at radius 1 is 1.33 bits per heavy atom. The molecular formula is C14H14ClN4O2+. The number of hydrazine groups is 1. The Morgan fingerprint density at radius 2 is 2.10 bits per heavy atom. The molecule has 7 heteroatoms. The van der Waals surface area contributed by atoms with Crippen LogP contribution in [-0.2, 0) is 0 Å². The molecule has 0 radical (unpaired) electrons. The molecule has 0 bridgehead atoms. The fourth-order valence-electron chi connectivity index (χ4n) is 1.71. The van der Waals surface area contributed by atoms with Crippen molar-refractivity contribution in [3.63, 3.8) is 0 Å². The van der Waals surface area contributed by atoms with Gasteiger partial charge < -0.3 is 10.8 Å². The van der Waals surface area contributed by atoms with Crippen LogP contribution in [0.4, 0.5) is 5.69 Å². The van der Waals surface area contributed by atoms with Gasteiger partial charge in [-0.05, 0) is 24.3 Å². The van der Waals surface area contributed by atoms with Crippen molar-refractivity contribution in [3.05, 3.63) is 65.1 Å². The number of aromatic nitrogens is 1. The molecular weight excluding hydrogens is 292 g/mol. The lowest BCUT2D eigenvalue weighted by atomic mass is 10.2. The van der Waals surface area contributed by atoms with Crippen LogP contribution >= 0.6 is 11.6 Å². The smallest absolute Gasteiger partial charge is 0.335 e. The van der Waals surface area contributed by atoms with Gasteiger partial charge in [-0.2, -0.15) is 0 Å². The quantitative estimate of drug-likeness (QED) is 0.586. The minimum absolute atomic E-state index is 0.0878. The summed E-state index contributed by atoms with van der Waals surface area (Å²) in [7, 11) is 0. The molecule has 1 aromatic heterocycles. The number of nitrogens with two attached hydrogens (primary N) is 2. The summed E-state index contributed by atoms with van der Waals surface area (Å²) in [6, 6.07) is 7.87. The summed E-state index contributed by atoms with van der Waals surface area (Å²) in [5.41, 5.74) is 7.53. The van der Waals surface area contributed by atoms with Crippen LogP contribution in [0.25, 0.3) is 5.70 Å². The maximum atomic E-state index is 11.0. The lowest BCUT2D eigenvalue weighted by Gasteiger charge is -2.17. The molecule has 0 aliphatic heterocycles. The number of carboxylic acid groups (broad SMARTS) is 1. The molecule has 0 amide bonds. The zero-order valence-electron chi connectivity index (χ0n) is 11.0. The number of hydrogen-bond acceptors (Lipinski definition) is 4. The summed E-state index contributed by atoms with van der Waals surface area (Å²) in [4.78, 5) is 13.9. The second kappa shape index (κ2) is 6.25. The highest BCUT2D eigenvalue weighted by Gasteiger charge is 2.11. The van der Waals surface area contributed by atoms with Gasteiger partial charge in [0.2, 0.25) is 0 Å². The number of benzene rings is 1. The molecule has 0 spiro atoms. The van der Waals surface area contributed by atoms with Gasteiger partial charge in [0.15, 0.2) is 12.4 Å². The van der Waals surface area contributed by atoms with Crippen molar-refractivity contribution in [1.29, 1.82) is 0 Å². The maximum Gasteiger partial charge on any atom is 0.335 e. The minimum Gasteiger partial charge on any atom is -0.478 e. The van der Waals surface area contributed by atoms with E-state index in [4.69, 9.17) is 28.3 Å². The van der Waals surface area contributed by atoms with E-state index < -0.39 is 5.97 Å². The number of halogens is 1. The van der Waals surface area contributed by atoms with Gasteiger partial charge in [-0.25, -0.2) is 15.6 Å². The predicted octanol–water partition coefficient (Wildman–Crippen LogP) is 1.49. The Morgan fingerprint density at radius 3 is 2.71 bits per heavy atom. The first kappa shape index (κ1) is 14.8. The van der Waals surface area contributed by atoms with E-state index in [1.807, 2.05) is 6.07 Å². The van der Waals surface area contributed by atoms with Crippen LogP contribution in [0.15, 0.2) is 48.9 Å². The number of carbonyl (C=O) groups is 1. The van der Waals surface area contributed by atoms with E-state index >= 15 is 0 Å². The van der Waals surface area contributed by atoms with Gasteiger partial charge in [-0.1, -0.05) is 11.6 Å². The van der Waals surface area contributed by atoms with Crippen molar-refractivity contribution in [3.8, 4) is 0 Å². The van der Waals surface area contributed by atoms with E-state index in [9.17, 15) is 4.79 Å². The van der Waals surface area contributed by atoms with E-state index in [-0.39, 0.29) is 5.56 Å². The summed E-state index contributed by atoms with van der Waals surface area (Å²) in [5, 5.41) is 10.5. The van der Waals surface area contributed by atoms with Crippen LogP contribution < -0.4 is 21.6 Å². The van der Waals surface area contributed by atoms with Crippen molar-refractivity contribution in [1.82, 2.24) is 0 Å². The van der Waals surface area contributed by atoms with Gasteiger partial charge in [0.05, 0.1) is 27.5 Å². The monoisotopic (exact) mass is 305 g/mol. The Hall–Kier alpha value is -2.57. The number of aromatic amines is 1. The number of nitrogens with one attached hydrogen (secondary N) is 1. The lowest BCUT2D eigenvalue weighted by molar-refractivity contribution is -0.378. The van der Waals surface area contributed by atoms with Gasteiger partial charge in [0.1, 0.15) is 0 Å². The highest BCUT2D eigenvalue weighted by atomic mass is 35.5. The number of hydrogen-bond donors (Lipinski definition) is 3. The fourth-order valence-corrected chi connectivity index (χ4v) is 1.93. The van der Waals surface area contributed by atoms with E-state index in [1.165, 1.54) is 29.4 Å². The van der Waals surface area contributed by atoms with E-state index in [0.717, 1.165) is 5.56 Å². The van der Waals surface area contributed by atoms with Crippen molar-refractivity contribution in [2.24, 2.45) is 11.6 Å². The zero-order valence-corrected chi connectivity index (χ0v) is 11.7. The van der Waals surface area contributed by atoms with Gasteiger partial charge >= 0.3 is 5.97 Å².